The zero-order chi connectivity index (χ0) is 17.4. The van der Waals surface area contributed by atoms with Crippen molar-refractivity contribution in [1.82, 2.24) is 24.7 Å². The van der Waals surface area contributed by atoms with E-state index in [0.29, 0.717) is 35.7 Å². The monoisotopic (exact) mass is 358 g/mol. The first-order valence-electron chi connectivity index (χ1n) is 7.69. The number of ether oxygens (including phenoxy) is 2. The van der Waals surface area contributed by atoms with Crippen LogP contribution in [0.4, 0.5) is 0 Å². The van der Waals surface area contributed by atoms with E-state index in [-0.39, 0.29) is 0 Å². The second-order valence-electron chi connectivity index (χ2n) is 5.59. The first kappa shape index (κ1) is 15.6. The van der Waals surface area contributed by atoms with Crippen LogP contribution in [0.2, 0.25) is 5.02 Å². The number of nitrogens with zero attached hydrogens (tertiary/aromatic N) is 6. The van der Waals surface area contributed by atoms with Crippen LogP contribution in [0, 0.1) is 13.8 Å². The summed E-state index contributed by atoms with van der Waals surface area (Å²) in [4.78, 5) is 0. The van der Waals surface area contributed by atoms with Crippen LogP contribution >= 0.6 is 11.6 Å². The van der Waals surface area contributed by atoms with Crippen LogP contribution in [-0.2, 0) is 0 Å². The first-order chi connectivity index (χ1) is 12.1. The minimum Gasteiger partial charge on any atom is -0.486 e. The van der Waals surface area contributed by atoms with Gasteiger partial charge in [-0.1, -0.05) is 11.6 Å². The molecule has 1 aliphatic heterocycles. The average molecular weight is 359 g/mol. The fourth-order valence-corrected chi connectivity index (χ4v) is 2.88. The number of fused-ring (bicyclic) bond motifs is 1. The maximum Gasteiger partial charge on any atom is 0.273 e. The van der Waals surface area contributed by atoms with Gasteiger partial charge in [0.15, 0.2) is 11.5 Å². The fraction of sp³-hybridized carbons (Fsp3) is 0.250. The van der Waals surface area contributed by atoms with E-state index in [1.807, 2.05) is 26.0 Å². The van der Waals surface area contributed by atoms with Crippen LogP contribution in [0.5, 0.6) is 11.5 Å². The molecule has 0 bridgehead atoms. The van der Waals surface area contributed by atoms with Crippen molar-refractivity contribution < 1.29 is 9.47 Å². The van der Waals surface area contributed by atoms with Crippen molar-refractivity contribution in [1.29, 1.82) is 0 Å². The molecule has 1 aromatic carbocycles. The van der Waals surface area contributed by atoms with Gasteiger partial charge in [-0.2, -0.15) is 14.9 Å². The quantitative estimate of drug-likeness (QED) is 0.672. The number of aryl methyl sites for hydroxylation is 2. The summed E-state index contributed by atoms with van der Waals surface area (Å²) >= 11 is 6.25. The summed E-state index contributed by atoms with van der Waals surface area (Å²) in [5.74, 6) is 1.69. The summed E-state index contributed by atoms with van der Waals surface area (Å²) in [6.07, 6.45) is 3.17. The molecule has 0 spiro atoms. The van der Waals surface area contributed by atoms with Crippen molar-refractivity contribution in [3.05, 3.63) is 46.5 Å². The van der Waals surface area contributed by atoms with Crippen LogP contribution in [0.25, 0.3) is 5.95 Å². The molecule has 0 aliphatic carbocycles. The Kier molecular flexibility index (Phi) is 3.89. The Balaban J connectivity index is 1.67. The predicted molar refractivity (Wildman–Crippen MR) is 92.1 cm³/mol. The van der Waals surface area contributed by atoms with Gasteiger partial charge in [0, 0.05) is 5.69 Å². The van der Waals surface area contributed by atoms with Gasteiger partial charge < -0.3 is 9.47 Å². The first-order valence-corrected chi connectivity index (χ1v) is 8.07. The summed E-state index contributed by atoms with van der Waals surface area (Å²) in [6.45, 7) is 4.86. The third-order valence-electron chi connectivity index (χ3n) is 3.66. The summed E-state index contributed by atoms with van der Waals surface area (Å²) in [6, 6.07) is 5.56. The molecule has 3 aromatic rings. The van der Waals surface area contributed by atoms with Crippen LogP contribution in [0.1, 0.15) is 17.0 Å². The van der Waals surface area contributed by atoms with E-state index in [2.05, 4.69) is 20.4 Å². The van der Waals surface area contributed by atoms with Gasteiger partial charge in [0.1, 0.15) is 19.5 Å². The lowest BCUT2D eigenvalue weighted by Crippen LogP contribution is -2.15. The zero-order valence-corrected chi connectivity index (χ0v) is 14.4. The van der Waals surface area contributed by atoms with Crippen LogP contribution in [0.15, 0.2) is 29.6 Å². The Bertz CT molecular complexity index is 962. The number of hydrogen-bond acceptors (Lipinski definition) is 6. The van der Waals surface area contributed by atoms with E-state index in [9.17, 15) is 0 Å². The Labute approximate surface area is 148 Å². The highest BCUT2D eigenvalue weighted by Crippen LogP contribution is 2.37. The number of rotatable bonds is 3. The summed E-state index contributed by atoms with van der Waals surface area (Å²) in [5, 5.41) is 17.3. The summed E-state index contributed by atoms with van der Waals surface area (Å²) in [5.41, 5.74) is 2.63. The number of aromatic nitrogens is 5. The molecule has 1 aliphatic rings. The third-order valence-corrected chi connectivity index (χ3v) is 3.94. The molecule has 8 nitrogen and oxygen atoms in total. The van der Waals surface area contributed by atoms with Gasteiger partial charge in [-0.05, 0) is 37.6 Å². The zero-order valence-electron chi connectivity index (χ0n) is 13.7. The standard InChI is InChI=1S/C16H15ClN6O2/c1-10-5-11(2)23(21-10)16-20-18-9-22(16)19-8-12-6-13(17)15-14(7-12)24-3-4-25-15/h5-9H,3-4H2,1-2H3/b19-8-. The molecule has 0 saturated carbocycles. The minimum atomic E-state index is 0.487. The summed E-state index contributed by atoms with van der Waals surface area (Å²) < 4.78 is 14.3. The van der Waals surface area contributed by atoms with Crippen molar-refractivity contribution >= 4 is 17.8 Å². The highest BCUT2D eigenvalue weighted by atomic mass is 35.5. The molecule has 0 radical (unpaired) electrons. The lowest BCUT2D eigenvalue weighted by molar-refractivity contribution is 0.171. The normalized spacial score (nSPS) is 13.6. The fourth-order valence-electron chi connectivity index (χ4n) is 2.61. The topological polar surface area (TPSA) is 79.4 Å². The van der Waals surface area contributed by atoms with Gasteiger partial charge in [-0.15, -0.1) is 10.2 Å². The largest absolute Gasteiger partial charge is 0.486 e. The molecule has 25 heavy (non-hydrogen) atoms. The van der Waals surface area contributed by atoms with Crippen LogP contribution in [-0.4, -0.2) is 44.1 Å². The Morgan fingerprint density at radius 1 is 1.20 bits per heavy atom. The van der Waals surface area contributed by atoms with Crippen molar-refractivity contribution in [3.63, 3.8) is 0 Å². The molecule has 0 saturated heterocycles. The van der Waals surface area contributed by atoms with Crippen molar-refractivity contribution in [2.24, 2.45) is 5.10 Å². The second-order valence-corrected chi connectivity index (χ2v) is 5.99. The molecule has 3 heterocycles. The maximum atomic E-state index is 6.25. The molecule has 2 aromatic heterocycles. The molecule has 0 fully saturated rings. The van der Waals surface area contributed by atoms with E-state index in [1.54, 1.807) is 21.6 Å². The van der Waals surface area contributed by atoms with Crippen molar-refractivity contribution in [2.75, 3.05) is 13.2 Å². The average Bonchev–Trinajstić information content (AvgIpc) is 3.18. The molecule has 0 atom stereocenters. The van der Waals surface area contributed by atoms with Crippen LogP contribution < -0.4 is 9.47 Å². The van der Waals surface area contributed by atoms with Crippen molar-refractivity contribution in [3.8, 4) is 17.4 Å². The van der Waals surface area contributed by atoms with Gasteiger partial charge in [-0.3, -0.25) is 0 Å². The highest BCUT2D eigenvalue weighted by Gasteiger charge is 2.16. The van der Waals surface area contributed by atoms with Crippen molar-refractivity contribution in [2.45, 2.75) is 13.8 Å². The molecule has 0 amide bonds. The van der Waals surface area contributed by atoms with Gasteiger partial charge in [-0.25, -0.2) is 4.68 Å². The van der Waals surface area contributed by atoms with E-state index in [4.69, 9.17) is 21.1 Å². The molecular formula is C16H15ClN6O2. The van der Waals surface area contributed by atoms with Crippen LogP contribution in [0.3, 0.4) is 0 Å². The second kappa shape index (κ2) is 6.21. The Hall–Kier alpha value is -2.87. The maximum absolute atomic E-state index is 6.25. The van der Waals surface area contributed by atoms with E-state index >= 15 is 0 Å². The molecule has 0 unspecified atom stereocenters. The number of benzene rings is 1. The highest BCUT2D eigenvalue weighted by molar-refractivity contribution is 6.32. The minimum absolute atomic E-state index is 0.487. The van der Waals surface area contributed by atoms with E-state index in [0.717, 1.165) is 17.0 Å². The molecular weight excluding hydrogens is 344 g/mol. The Morgan fingerprint density at radius 2 is 2.04 bits per heavy atom. The molecule has 4 rings (SSSR count). The lowest BCUT2D eigenvalue weighted by Gasteiger charge is -2.19. The predicted octanol–water partition coefficient (Wildman–Crippen LogP) is 2.39. The van der Waals surface area contributed by atoms with Gasteiger partial charge in [0.05, 0.1) is 16.9 Å². The van der Waals surface area contributed by atoms with E-state index < -0.39 is 0 Å². The van der Waals surface area contributed by atoms with E-state index in [1.165, 1.54) is 6.33 Å². The summed E-state index contributed by atoms with van der Waals surface area (Å²) in [7, 11) is 0. The number of halogens is 1. The third kappa shape index (κ3) is 2.96. The molecule has 9 heteroatoms. The van der Waals surface area contributed by atoms with Gasteiger partial charge in [0.2, 0.25) is 0 Å². The Morgan fingerprint density at radius 3 is 2.84 bits per heavy atom. The lowest BCUT2D eigenvalue weighted by atomic mass is 10.2. The SMILES string of the molecule is Cc1cc(C)n(-c2nncn2/N=C\c2cc(Cl)c3c(c2)OCCO3)n1. The molecule has 0 N–H and O–H groups in total. The molecule has 128 valence electrons. The number of hydrogen-bond donors (Lipinski definition) is 0. The van der Waals surface area contributed by atoms with Gasteiger partial charge >= 0.3 is 0 Å². The van der Waals surface area contributed by atoms with Gasteiger partial charge in [0.25, 0.3) is 5.95 Å². The smallest absolute Gasteiger partial charge is 0.273 e.